The Bertz CT molecular complexity index is 1140. The number of nitrogens with one attached hydrogen (secondary N) is 1. The third kappa shape index (κ3) is 6.04. The lowest BCUT2D eigenvalue weighted by Gasteiger charge is -2.26. The molecule has 1 N–H and O–H groups in total. The number of sulfonamides is 1. The maximum absolute atomic E-state index is 13.0. The average molecular weight is 493 g/mol. The molecule has 2 aromatic rings. The number of carbonyl (C=O) groups is 2. The van der Waals surface area contributed by atoms with E-state index in [-0.39, 0.29) is 29.2 Å². The van der Waals surface area contributed by atoms with Crippen molar-refractivity contribution in [3.8, 4) is 11.5 Å². The number of amides is 1. The Morgan fingerprint density at radius 3 is 2.50 bits per heavy atom. The number of anilines is 1. The van der Waals surface area contributed by atoms with Gasteiger partial charge in [-0.25, -0.2) is 13.2 Å². The number of benzene rings is 2. The summed E-state index contributed by atoms with van der Waals surface area (Å²) < 4.78 is 48.3. The molecule has 0 spiro atoms. The van der Waals surface area contributed by atoms with Crippen LogP contribution in [-0.2, 0) is 24.3 Å². The maximum Gasteiger partial charge on any atom is 0.338 e. The van der Waals surface area contributed by atoms with E-state index in [0.717, 1.165) is 0 Å². The number of hydrogen-bond donors (Lipinski definition) is 1. The molecule has 1 amide bonds. The topological polar surface area (TPSA) is 120 Å². The van der Waals surface area contributed by atoms with Crippen LogP contribution in [-0.4, -0.2) is 71.2 Å². The molecule has 0 aliphatic carbocycles. The van der Waals surface area contributed by atoms with Crippen LogP contribution in [0.2, 0.25) is 0 Å². The van der Waals surface area contributed by atoms with Crippen molar-refractivity contribution in [3.63, 3.8) is 0 Å². The monoisotopic (exact) mass is 492 g/mol. The number of nitrogens with zero attached hydrogens (tertiary/aromatic N) is 1. The molecular weight excluding hydrogens is 464 g/mol. The minimum absolute atomic E-state index is 0.102. The zero-order valence-corrected chi connectivity index (χ0v) is 20.1. The van der Waals surface area contributed by atoms with Crippen LogP contribution in [0.5, 0.6) is 11.5 Å². The van der Waals surface area contributed by atoms with Gasteiger partial charge in [0.1, 0.15) is 0 Å². The molecule has 184 valence electrons. The fourth-order valence-corrected chi connectivity index (χ4v) is 5.02. The normalized spacial score (nSPS) is 14.3. The van der Waals surface area contributed by atoms with Gasteiger partial charge in [-0.3, -0.25) is 4.79 Å². The SMILES string of the molecule is CCOc1ccc(C(=O)OCC(=O)Nc2ccc(C)c(S(=O)(=O)N3CCOCC3)c2)cc1OC. The summed E-state index contributed by atoms with van der Waals surface area (Å²) in [6.45, 7) is 4.61. The van der Waals surface area contributed by atoms with E-state index in [1.807, 2.05) is 6.92 Å². The Kier molecular flexibility index (Phi) is 8.48. The quantitative estimate of drug-likeness (QED) is 0.529. The number of hydrogen-bond acceptors (Lipinski definition) is 8. The molecular formula is C23H28N2O8S. The lowest BCUT2D eigenvalue weighted by molar-refractivity contribution is -0.119. The fourth-order valence-electron chi connectivity index (χ4n) is 3.36. The highest BCUT2D eigenvalue weighted by atomic mass is 32.2. The van der Waals surface area contributed by atoms with Gasteiger partial charge in [0.15, 0.2) is 18.1 Å². The summed E-state index contributed by atoms with van der Waals surface area (Å²) in [6.07, 6.45) is 0. The van der Waals surface area contributed by atoms with Crippen molar-refractivity contribution < 1.29 is 37.0 Å². The van der Waals surface area contributed by atoms with Crippen LogP contribution < -0.4 is 14.8 Å². The minimum Gasteiger partial charge on any atom is -0.493 e. The van der Waals surface area contributed by atoms with E-state index in [1.54, 1.807) is 25.1 Å². The van der Waals surface area contributed by atoms with Crippen molar-refractivity contribution in [2.24, 2.45) is 0 Å². The number of methoxy groups -OCH3 is 1. The lowest BCUT2D eigenvalue weighted by atomic mass is 10.2. The number of morpholine rings is 1. The standard InChI is InChI=1S/C23H28N2O8S/c1-4-32-19-8-6-17(13-20(19)30-3)23(27)33-15-22(26)24-18-7-5-16(2)21(14-18)34(28,29)25-9-11-31-12-10-25/h5-8,13-14H,4,9-12,15H2,1-3H3,(H,24,26). The third-order valence-corrected chi connectivity index (χ3v) is 7.13. The first-order chi connectivity index (χ1) is 16.3. The van der Waals surface area contributed by atoms with Crippen LogP contribution in [0.25, 0.3) is 0 Å². The summed E-state index contributed by atoms with van der Waals surface area (Å²) >= 11 is 0. The molecule has 0 unspecified atom stereocenters. The molecule has 11 heteroatoms. The van der Waals surface area contributed by atoms with Crippen molar-refractivity contribution in [2.45, 2.75) is 18.7 Å². The van der Waals surface area contributed by atoms with Gasteiger partial charge in [-0.2, -0.15) is 4.31 Å². The molecule has 0 aromatic heterocycles. The predicted molar refractivity (Wildman–Crippen MR) is 124 cm³/mol. The van der Waals surface area contributed by atoms with E-state index in [9.17, 15) is 18.0 Å². The first-order valence-electron chi connectivity index (χ1n) is 10.7. The van der Waals surface area contributed by atoms with Gasteiger partial charge in [-0.1, -0.05) is 6.07 Å². The summed E-state index contributed by atoms with van der Waals surface area (Å²) in [5.41, 5.74) is 1.03. The van der Waals surface area contributed by atoms with Gasteiger partial charge in [0.05, 0.1) is 37.4 Å². The molecule has 1 aliphatic rings. The van der Waals surface area contributed by atoms with Gasteiger partial charge in [-0.05, 0) is 49.7 Å². The molecule has 0 bridgehead atoms. The molecule has 0 radical (unpaired) electrons. The van der Waals surface area contributed by atoms with Gasteiger partial charge in [0.2, 0.25) is 10.0 Å². The Morgan fingerprint density at radius 2 is 1.82 bits per heavy atom. The second-order valence-electron chi connectivity index (χ2n) is 7.42. The predicted octanol–water partition coefficient (Wildman–Crippen LogP) is 2.22. The highest BCUT2D eigenvalue weighted by molar-refractivity contribution is 7.89. The van der Waals surface area contributed by atoms with Crippen molar-refractivity contribution >= 4 is 27.6 Å². The molecule has 34 heavy (non-hydrogen) atoms. The first-order valence-corrected chi connectivity index (χ1v) is 12.2. The van der Waals surface area contributed by atoms with Crippen LogP contribution in [0.4, 0.5) is 5.69 Å². The van der Waals surface area contributed by atoms with Gasteiger partial charge in [-0.15, -0.1) is 0 Å². The summed E-state index contributed by atoms with van der Waals surface area (Å²) in [6, 6.07) is 9.16. The van der Waals surface area contributed by atoms with Crippen molar-refractivity contribution in [1.29, 1.82) is 0 Å². The van der Waals surface area contributed by atoms with Crippen LogP contribution in [0, 0.1) is 6.92 Å². The number of carbonyl (C=O) groups excluding carboxylic acids is 2. The summed E-state index contributed by atoms with van der Waals surface area (Å²) in [5, 5.41) is 2.57. The van der Waals surface area contributed by atoms with Crippen LogP contribution in [0.15, 0.2) is 41.3 Å². The maximum atomic E-state index is 13.0. The molecule has 2 aromatic carbocycles. The fraction of sp³-hybridized carbons (Fsp3) is 0.391. The van der Waals surface area contributed by atoms with E-state index < -0.39 is 28.5 Å². The van der Waals surface area contributed by atoms with E-state index in [1.165, 1.54) is 29.6 Å². The highest BCUT2D eigenvalue weighted by Crippen LogP contribution is 2.28. The zero-order chi connectivity index (χ0) is 24.7. The number of esters is 1. The smallest absolute Gasteiger partial charge is 0.338 e. The van der Waals surface area contributed by atoms with E-state index in [0.29, 0.717) is 36.9 Å². The number of rotatable bonds is 9. The Balaban J connectivity index is 1.64. The van der Waals surface area contributed by atoms with Crippen molar-refractivity contribution in [2.75, 3.05) is 51.9 Å². The van der Waals surface area contributed by atoms with Crippen molar-refractivity contribution in [1.82, 2.24) is 4.31 Å². The minimum atomic E-state index is -3.73. The summed E-state index contributed by atoms with van der Waals surface area (Å²) in [7, 11) is -2.28. The Hall–Kier alpha value is -3.15. The highest BCUT2D eigenvalue weighted by Gasteiger charge is 2.28. The third-order valence-electron chi connectivity index (χ3n) is 5.09. The molecule has 0 atom stereocenters. The number of aryl methyl sites for hydroxylation is 1. The van der Waals surface area contributed by atoms with Gasteiger partial charge in [0, 0.05) is 18.8 Å². The summed E-state index contributed by atoms with van der Waals surface area (Å²) in [5.74, 6) is -0.461. The molecule has 1 saturated heterocycles. The molecule has 10 nitrogen and oxygen atoms in total. The van der Waals surface area contributed by atoms with E-state index >= 15 is 0 Å². The van der Waals surface area contributed by atoms with Gasteiger partial charge in [0.25, 0.3) is 5.91 Å². The van der Waals surface area contributed by atoms with Crippen LogP contribution >= 0.6 is 0 Å². The van der Waals surface area contributed by atoms with E-state index in [4.69, 9.17) is 18.9 Å². The zero-order valence-electron chi connectivity index (χ0n) is 19.3. The molecule has 1 fully saturated rings. The molecule has 0 saturated carbocycles. The Morgan fingerprint density at radius 1 is 1.09 bits per heavy atom. The number of ether oxygens (including phenoxy) is 4. The molecule has 3 rings (SSSR count). The first kappa shape index (κ1) is 25.5. The van der Waals surface area contributed by atoms with Gasteiger partial charge >= 0.3 is 5.97 Å². The Labute approximate surface area is 198 Å². The second kappa shape index (κ2) is 11.3. The van der Waals surface area contributed by atoms with Crippen LogP contribution in [0.3, 0.4) is 0 Å². The van der Waals surface area contributed by atoms with Crippen molar-refractivity contribution in [3.05, 3.63) is 47.5 Å². The van der Waals surface area contributed by atoms with Gasteiger partial charge < -0.3 is 24.3 Å². The van der Waals surface area contributed by atoms with E-state index in [2.05, 4.69) is 5.32 Å². The summed E-state index contributed by atoms with van der Waals surface area (Å²) in [4.78, 5) is 24.8. The molecule has 1 aliphatic heterocycles. The molecule has 1 heterocycles. The second-order valence-corrected chi connectivity index (χ2v) is 9.33. The largest absolute Gasteiger partial charge is 0.493 e. The average Bonchev–Trinajstić information content (AvgIpc) is 2.84. The lowest BCUT2D eigenvalue weighted by Crippen LogP contribution is -2.40. The van der Waals surface area contributed by atoms with Crippen LogP contribution in [0.1, 0.15) is 22.8 Å².